The number of ether oxygens (including phenoxy) is 1. The summed E-state index contributed by atoms with van der Waals surface area (Å²) in [5.74, 6) is -5.47. The topological polar surface area (TPSA) is 125 Å². The van der Waals surface area contributed by atoms with E-state index in [0.29, 0.717) is 17.0 Å². The molecule has 1 aromatic carbocycles. The van der Waals surface area contributed by atoms with Crippen LogP contribution < -0.4 is 10.1 Å². The molecule has 200 valence electrons. The standard InChI is InChI=1S/C23H20F4N6O4S/c1-22(2,3)12-4-6-13(7-5-12)32-18-14(10-28-32)17(29-19(34)15-8-9-16(38-15)33(35)36)30-21(31-18)37-11-23(26,27)20(24)25/h4-10,20H,11H2,1-3H3,(H,29,30,31,34). The summed E-state index contributed by atoms with van der Waals surface area (Å²) in [5, 5.41) is 17.6. The molecular weight excluding hydrogens is 532 g/mol. The van der Waals surface area contributed by atoms with Gasteiger partial charge in [0.1, 0.15) is 0 Å². The smallest absolute Gasteiger partial charge is 0.340 e. The van der Waals surface area contributed by atoms with Gasteiger partial charge in [0, 0.05) is 6.07 Å². The minimum Gasteiger partial charge on any atom is -0.457 e. The molecule has 0 radical (unpaired) electrons. The predicted octanol–water partition coefficient (Wildman–Crippen LogP) is 5.61. The van der Waals surface area contributed by atoms with E-state index in [1.54, 1.807) is 12.1 Å². The first-order valence-corrected chi connectivity index (χ1v) is 11.8. The molecule has 10 nitrogen and oxygen atoms in total. The fourth-order valence-corrected chi connectivity index (χ4v) is 4.00. The monoisotopic (exact) mass is 552 g/mol. The van der Waals surface area contributed by atoms with Crippen molar-refractivity contribution in [3.8, 4) is 11.7 Å². The molecule has 4 aromatic rings. The van der Waals surface area contributed by atoms with Crippen LogP contribution in [0.4, 0.5) is 28.4 Å². The van der Waals surface area contributed by atoms with Gasteiger partial charge in [-0.3, -0.25) is 14.9 Å². The van der Waals surface area contributed by atoms with E-state index < -0.39 is 35.8 Å². The summed E-state index contributed by atoms with van der Waals surface area (Å²) in [7, 11) is 0. The van der Waals surface area contributed by atoms with Gasteiger partial charge in [0.2, 0.25) is 0 Å². The number of carbonyl (C=O) groups is 1. The van der Waals surface area contributed by atoms with Crippen LogP contribution in [0, 0.1) is 10.1 Å². The second-order valence-electron chi connectivity index (χ2n) is 9.14. The van der Waals surface area contributed by atoms with Crippen molar-refractivity contribution < 1.29 is 32.0 Å². The van der Waals surface area contributed by atoms with Gasteiger partial charge in [-0.2, -0.15) is 23.8 Å². The SMILES string of the molecule is CC(C)(C)c1ccc(-n2ncc3c(NC(=O)c4ccc([N+](=O)[O-])s4)nc(OCC(F)(F)C(F)F)nc32)cc1. The number of alkyl halides is 4. The lowest BCUT2D eigenvalue weighted by Gasteiger charge is -2.19. The summed E-state index contributed by atoms with van der Waals surface area (Å²) in [6.45, 7) is 4.40. The van der Waals surface area contributed by atoms with Crippen molar-refractivity contribution in [2.24, 2.45) is 0 Å². The molecule has 0 aliphatic rings. The van der Waals surface area contributed by atoms with E-state index in [9.17, 15) is 32.5 Å². The lowest BCUT2D eigenvalue weighted by Crippen LogP contribution is -2.34. The van der Waals surface area contributed by atoms with E-state index in [2.05, 4.69) is 20.4 Å². The van der Waals surface area contributed by atoms with E-state index in [0.717, 1.165) is 11.6 Å². The Bertz CT molecular complexity index is 1500. The normalized spacial score (nSPS) is 12.2. The molecular formula is C23H20F4N6O4S. The number of aromatic nitrogens is 4. The lowest BCUT2D eigenvalue weighted by atomic mass is 9.87. The average Bonchev–Trinajstić information content (AvgIpc) is 3.50. The van der Waals surface area contributed by atoms with Gasteiger partial charge in [-0.1, -0.05) is 44.2 Å². The number of amides is 1. The first kappa shape index (κ1) is 26.9. The molecule has 0 saturated heterocycles. The molecule has 0 fully saturated rings. The molecule has 38 heavy (non-hydrogen) atoms. The van der Waals surface area contributed by atoms with Gasteiger partial charge in [0.05, 0.1) is 27.1 Å². The fourth-order valence-electron chi connectivity index (χ4n) is 3.28. The third kappa shape index (κ3) is 5.56. The maximum Gasteiger partial charge on any atom is 0.340 e. The molecule has 0 atom stereocenters. The van der Waals surface area contributed by atoms with Gasteiger partial charge >= 0.3 is 23.4 Å². The first-order chi connectivity index (χ1) is 17.8. The van der Waals surface area contributed by atoms with Crippen molar-refractivity contribution in [2.45, 2.75) is 38.5 Å². The van der Waals surface area contributed by atoms with Crippen LogP contribution in [-0.2, 0) is 5.41 Å². The molecule has 3 heterocycles. The second kappa shape index (κ2) is 9.96. The van der Waals surface area contributed by atoms with Gasteiger partial charge in [0.15, 0.2) is 18.1 Å². The number of nitrogens with zero attached hydrogens (tertiary/aromatic N) is 5. The number of benzene rings is 1. The van der Waals surface area contributed by atoms with E-state index >= 15 is 0 Å². The second-order valence-corrected chi connectivity index (χ2v) is 10.2. The molecule has 0 bridgehead atoms. The van der Waals surface area contributed by atoms with Gasteiger partial charge in [-0.15, -0.1) is 0 Å². The van der Waals surface area contributed by atoms with Crippen LogP contribution >= 0.6 is 11.3 Å². The van der Waals surface area contributed by atoms with Crippen LogP contribution in [0.15, 0.2) is 42.6 Å². The van der Waals surface area contributed by atoms with Crippen molar-refractivity contribution in [3.63, 3.8) is 0 Å². The Hall–Kier alpha value is -4.14. The highest BCUT2D eigenvalue weighted by molar-refractivity contribution is 7.17. The lowest BCUT2D eigenvalue weighted by molar-refractivity contribution is -0.380. The Labute approximate surface area is 216 Å². The molecule has 1 amide bonds. The Kier molecular flexibility index (Phi) is 7.06. The largest absolute Gasteiger partial charge is 0.457 e. The summed E-state index contributed by atoms with van der Waals surface area (Å²) in [6.07, 6.45) is -2.66. The molecule has 1 N–H and O–H groups in total. The van der Waals surface area contributed by atoms with Gasteiger partial charge in [-0.05, 0) is 29.2 Å². The van der Waals surface area contributed by atoms with E-state index in [4.69, 9.17) is 4.74 Å². The van der Waals surface area contributed by atoms with Gasteiger partial charge < -0.3 is 10.1 Å². The Balaban J connectivity index is 1.75. The third-order valence-corrected chi connectivity index (χ3v) is 6.36. The Morgan fingerprint density at radius 3 is 2.42 bits per heavy atom. The van der Waals surface area contributed by atoms with Crippen LogP contribution in [0.3, 0.4) is 0 Å². The number of anilines is 1. The van der Waals surface area contributed by atoms with E-state index in [1.807, 2.05) is 32.9 Å². The maximum absolute atomic E-state index is 13.5. The van der Waals surface area contributed by atoms with Crippen LogP contribution in [0.5, 0.6) is 6.01 Å². The van der Waals surface area contributed by atoms with Crippen molar-refractivity contribution in [1.82, 2.24) is 19.7 Å². The third-order valence-electron chi connectivity index (χ3n) is 5.33. The number of nitro groups is 1. The summed E-state index contributed by atoms with van der Waals surface area (Å²) >= 11 is 0.611. The quantitative estimate of drug-likeness (QED) is 0.171. The number of fused-ring (bicyclic) bond motifs is 1. The number of rotatable bonds is 8. The highest BCUT2D eigenvalue weighted by atomic mass is 32.1. The zero-order chi connectivity index (χ0) is 27.8. The molecule has 0 aliphatic heterocycles. The Morgan fingerprint density at radius 1 is 1.16 bits per heavy atom. The van der Waals surface area contributed by atoms with E-state index in [-0.39, 0.29) is 32.1 Å². The number of hydrogen-bond acceptors (Lipinski definition) is 8. The Morgan fingerprint density at radius 2 is 1.84 bits per heavy atom. The number of carbonyl (C=O) groups excluding carboxylic acids is 1. The zero-order valence-electron chi connectivity index (χ0n) is 20.1. The number of halogens is 4. The van der Waals surface area contributed by atoms with Crippen molar-refractivity contribution >= 4 is 39.1 Å². The van der Waals surface area contributed by atoms with E-state index in [1.165, 1.54) is 16.9 Å². The van der Waals surface area contributed by atoms with Gasteiger partial charge in [-0.25, -0.2) is 13.5 Å². The summed E-state index contributed by atoms with van der Waals surface area (Å²) < 4.78 is 58.4. The fraction of sp³-hybridized carbons (Fsp3) is 0.304. The molecule has 15 heteroatoms. The number of thiophene rings is 1. The van der Waals surface area contributed by atoms with Crippen LogP contribution in [0.2, 0.25) is 0 Å². The highest BCUT2D eigenvalue weighted by Gasteiger charge is 2.42. The molecule has 3 aromatic heterocycles. The minimum absolute atomic E-state index is 0.0275. The van der Waals surface area contributed by atoms with Crippen LogP contribution in [-0.4, -0.2) is 49.5 Å². The van der Waals surface area contributed by atoms with Crippen molar-refractivity contribution in [2.75, 3.05) is 11.9 Å². The summed E-state index contributed by atoms with van der Waals surface area (Å²) in [5.41, 5.74) is 1.47. The molecule has 0 aliphatic carbocycles. The average molecular weight is 553 g/mol. The zero-order valence-corrected chi connectivity index (χ0v) is 20.9. The molecule has 0 spiro atoms. The van der Waals surface area contributed by atoms with Crippen molar-refractivity contribution in [1.29, 1.82) is 0 Å². The van der Waals surface area contributed by atoms with Gasteiger partial charge in [0.25, 0.3) is 5.91 Å². The predicted molar refractivity (Wildman–Crippen MR) is 131 cm³/mol. The minimum atomic E-state index is -4.47. The van der Waals surface area contributed by atoms with Crippen molar-refractivity contribution in [3.05, 3.63) is 63.1 Å². The summed E-state index contributed by atoms with van der Waals surface area (Å²) in [4.78, 5) is 31.0. The number of nitrogens with one attached hydrogen (secondary N) is 1. The summed E-state index contributed by atoms with van der Waals surface area (Å²) in [6, 6.07) is 8.92. The van der Waals surface area contributed by atoms with Crippen LogP contribution in [0.1, 0.15) is 36.0 Å². The molecule has 0 saturated carbocycles. The van der Waals surface area contributed by atoms with Crippen LogP contribution in [0.25, 0.3) is 16.7 Å². The highest BCUT2D eigenvalue weighted by Crippen LogP contribution is 2.30. The number of hydrogen-bond donors (Lipinski definition) is 1. The molecule has 4 rings (SSSR count). The molecule has 0 unspecified atom stereocenters. The maximum atomic E-state index is 13.5. The first-order valence-electron chi connectivity index (χ1n) is 11.0.